The number of likely N-dealkylation sites (N-methyl/N-ethyl adjacent to an activating group) is 1. The van der Waals surface area contributed by atoms with Crippen LogP contribution in [0.1, 0.15) is 17.3 Å². The molecule has 4 nitrogen and oxygen atoms in total. The second-order valence-electron chi connectivity index (χ2n) is 3.14. The summed E-state index contributed by atoms with van der Waals surface area (Å²) in [6, 6.07) is 7.16. The van der Waals surface area contributed by atoms with Crippen molar-refractivity contribution in [2.75, 3.05) is 13.1 Å². The molecule has 1 rings (SSSR count). The summed E-state index contributed by atoms with van der Waals surface area (Å²) in [5.74, 6) is -0.413. The van der Waals surface area contributed by atoms with Crippen LogP contribution in [0, 0.1) is 3.57 Å². The Kier molecular flexibility index (Phi) is 5.24. The van der Waals surface area contributed by atoms with Crippen molar-refractivity contribution in [3.05, 3.63) is 33.4 Å². The van der Waals surface area contributed by atoms with Gasteiger partial charge < -0.3 is 10.6 Å². The SMILES string of the molecule is CCNC(=O)CNC(=O)c1ccc(I)cc1. The number of amides is 2. The standard InChI is InChI=1S/C11H13IN2O2/c1-2-13-10(15)7-14-11(16)8-3-5-9(12)6-4-8/h3-6H,2,7H2,1H3,(H,13,15)(H,14,16). The van der Waals surface area contributed by atoms with Gasteiger partial charge in [0.15, 0.2) is 0 Å². The Morgan fingerprint density at radius 1 is 1.19 bits per heavy atom. The molecule has 0 heterocycles. The molecule has 0 aliphatic heterocycles. The molecule has 0 aliphatic carbocycles. The van der Waals surface area contributed by atoms with Crippen molar-refractivity contribution in [2.24, 2.45) is 0 Å². The van der Waals surface area contributed by atoms with Gasteiger partial charge in [0.05, 0.1) is 6.54 Å². The molecule has 0 radical (unpaired) electrons. The minimum Gasteiger partial charge on any atom is -0.355 e. The molecule has 0 aliphatic rings. The van der Waals surface area contributed by atoms with E-state index in [1.165, 1.54) is 0 Å². The molecular weight excluding hydrogens is 319 g/mol. The summed E-state index contributed by atoms with van der Waals surface area (Å²) in [5, 5.41) is 5.16. The van der Waals surface area contributed by atoms with Crippen molar-refractivity contribution in [1.29, 1.82) is 0 Å². The Morgan fingerprint density at radius 2 is 1.81 bits per heavy atom. The number of carbonyl (C=O) groups excluding carboxylic acids is 2. The number of carbonyl (C=O) groups is 2. The molecule has 0 saturated carbocycles. The molecule has 0 spiro atoms. The van der Waals surface area contributed by atoms with Gasteiger partial charge in [-0.05, 0) is 53.8 Å². The molecule has 1 aromatic rings. The van der Waals surface area contributed by atoms with Gasteiger partial charge in [-0.15, -0.1) is 0 Å². The van der Waals surface area contributed by atoms with E-state index < -0.39 is 0 Å². The smallest absolute Gasteiger partial charge is 0.251 e. The Labute approximate surface area is 108 Å². The zero-order valence-electron chi connectivity index (χ0n) is 8.92. The minimum absolute atomic E-state index is 0.0126. The maximum atomic E-state index is 11.6. The molecule has 0 bridgehead atoms. The maximum Gasteiger partial charge on any atom is 0.251 e. The highest BCUT2D eigenvalue weighted by atomic mass is 127. The van der Waals surface area contributed by atoms with Crippen molar-refractivity contribution in [3.8, 4) is 0 Å². The fourth-order valence-corrected chi connectivity index (χ4v) is 1.48. The molecule has 2 N–H and O–H groups in total. The van der Waals surface area contributed by atoms with Crippen LogP contribution in [0.4, 0.5) is 0 Å². The number of nitrogens with one attached hydrogen (secondary N) is 2. The molecule has 1 aromatic carbocycles. The van der Waals surface area contributed by atoms with Gasteiger partial charge in [-0.3, -0.25) is 9.59 Å². The van der Waals surface area contributed by atoms with Gasteiger partial charge in [-0.1, -0.05) is 0 Å². The Morgan fingerprint density at radius 3 is 2.38 bits per heavy atom. The predicted octanol–water partition coefficient (Wildman–Crippen LogP) is 1.16. The third-order valence-corrected chi connectivity index (χ3v) is 2.61. The first kappa shape index (κ1) is 13.0. The molecule has 5 heteroatoms. The normalized spacial score (nSPS) is 9.62. The van der Waals surface area contributed by atoms with Gasteiger partial charge in [0.25, 0.3) is 5.91 Å². The van der Waals surface area contributed by atoms with E-state index in [-0.39, 0.29) is 18.4 Å². The molecule has 0 atom stereocenters. The highest BCUT2D eigenvalue weighted by molar-refractivity contribution is 14.1. The molecular formula is C11H13IN2O2. The Bertz CT molecular complexity index is 376. The second-order valence-corrected chi connectivity index (χ2v) is 4.39. The van der Waals surface area contributed by atoms with E-state index in [2.05, 4.69) is 33.2 Å². The zero-order chi connectivity index (χ0) is 12.0. The van der Waals surface area contributed by atoms with Gasteiger partial charge in [0.1, 0.15) is 0 Å². The van der Waals surface area contributed by atoms with Gasteiger partial charge in [0, 0.05) is 15.7 Å². The van der Waals surface area contributed by atoms with E-state index in [1.807, 2.05) is 19.1 Å². The number of halogens is 1. The summed E-state index contributed by atoms with van der Waals surface area (Å²) in [5.41, 5.74) is 0.560. The number of benzene rings is 1. The summed E-state index contributed by atoms with van der Waals surface area (Å²) < 4.78 is 1.07. The van der Waals surface area contributed by atoms with Crippen LogP contribution in [0.25, 0.3) is 0 Å². The molecule has 0 aromatic heterocycles. The fourth-order valence-electron chi connectivity index (χ4n) is 1.12. The van der Waals surface area contributed by atoms with Gasteiger partial charge >= 0.3 is 0 Å². The van der Waals surface area contributed by atoms with Crippen LogP contribution in [-0.2, 0) is 4.79 Å². The third kappa shape index (κ3) is 4.18. The monoisotopic (exact) mass is 332 g/mol. The maximum absolute atomic E-state index is 11.6. The summed E-state index contributed by atoms with van der Waals surface area (Å²) in [6.07, 6.45) is 0. The van der Waals surface area contributed by atoms with Gasteiger partial charge in [-0.25, -0.2) is 0 Å². The number of hydrogen-bond acceptors (Lipinski definition) is 2. The van der Waals surface area contributed by atoms with E-state index in [0.717, 1.165) is 3.57 Å². The van der Waals surface area contributed by atoms with E-state index in [4.69, 9.17) is 0 Å². The van der Waals surface area contributed by atoms with E-state index >= 15 is 0 Å². The second kappa shape index (κ2) is 6.47. The summed E-state index contributed by atoms with van der Waals surface area (Å²) in [6.45, 7) is 2.41. The van der Waals surface area contributed by atoms with Crippen molar-refractivity contribution in [1.82, 2.24) is 10.6 Å². The summed E-state index contributed by atoms with van der Waals surface area (Å²) in [7, 11) is 0. The lowest BCUT2D eigenvalue weighted by atomic mass is 10.2. The van der Waals surface area contributed by atoms with Gasteiger partial charge in [-0.2, -0.15) is 0 Å². The first-order valence-corrected chi connectivity index (χ1v) is 6.02. The first-order valence-electron chi connectivity index (χ1n) is 4.94. The topological polar surface area (TPSA) is 58.2 Å². The lowest BCUT2D eigenvalue weighted by molar-refractivity contribution is -0.120. The lowest BCUT2D eigenvalue weighted by Crippen LogP contribution is -2.36. The Hall–Kier alpha value is -1.11. The zero-order valence-corrected chi connectivity index (χ0v) is 11.1. The van der Waals surface area contributed by atoms with Crippen molar-refractivity contribution in [3.63, 3.8) is 0 Å². The van der Waals surface area contributed by atoms with Crippen LogP contribution in [0.2, 0.25) is 0 Å². The molecule has 86 valence electrons. The molecule has 16 heavy (non-hydrogen) atoms. The molecule has 0 fully saturated rings. The van der Waals surface area contributed by atoms with Gasteiger partial charge in [0.2, 0.25) is 5.91 Å². The average molecular weight is 332 g/mol. The number of hydrogen-bond donors (Lipinski definition) is 2. The van der Waals surface area contributed by atoms with Crippen LogP contribution >= 0.6 is 22.6 Å². The van der Waals surface area contributed by atoms with Crippen LogP contribution in [0.5, 0.6) is 0 Å². The van der Waals surface area contributed by atoms with E-state index in [1.54, 1.807) is 12.1 Å². The van der Waals surface area contributed by atoms with Crippen LogP contribution in [0.3, 0.4) is 0 Å². The molecule has 0 saturated heterocycles. The molecule has 2 amide bonds. The molecule has 0 unspecified atom stereocenters. The predicted molar refractivity (Wildman–Crippen MR) is 70.2 cm³/mol. The van der Waals surface area contributed by atoms with E-state index in [0.29, 0.717) is 12.1 Å². The fraction of sp³-hybridized carbons (Fsp3) is 0.273. The lowest BCUT2D eigenvalue weighted by Gasteiger charge is -2.05. The average Bonchev–Trinajstić information content (AvgIpc) is 2.27. The van der Waals surface area contributed by atoms with Crippen LogP contribution in [0.15, 0.2) is 24.3 Å². The summed E-state index contributed by atoms with van der Waals surface area (Å²) >= 11 is 2.17. The van der Waals surface area contributed by atoms with Crippen LogP contribution in [-0.4, -0.2) is 24.9 Å². The van der Waals surface area contributed by atoms with Crippen molar-refractivity contribution in [2.45, 2.75) is 6.92 Å². The van der Waals surface area contributed by atoms with E-state index in [9.17, 15) is 9.59 Å². The number of rotatable bonds is 4. The highest BCUT2D eigenvalue weighted by Crippen LogP contribution is 2.06. The van der Waals surface area contributed by atoms with Crippen molar-refractivity contribution < 1.29 is 9.59 Å². The quantitative estimate of drug-likeness (QED) is 0.813. The van der Waals surface area contributed by atoms with Crippen molar-refractivity contribution >= 4 is 34.4 Å². The first-order chi connectivity index (χ1) is 7.63. The van der Waals surface area contributed by atoms with Crippen LogP contribution < -0.4 is 10.6 Å². The largest absolute Gasteiger partial charge is 0.355 e. The Balaban J connectivity index is 2.47. The third-order valence-electron chi connectivity index (χ3n) is 1.89. The minimum atomic E-state index is -0.234. The highest BCUT2D eigenvalue weighted by Gasteiger charge is 2.06. The summed E-state index contributed by atoms with van der Waals surface area (Å²) in [4.78, 5) is 22.7.